The summed E-state index contributed by atoms with van der Waals surface area (Å²) < 4.78 is 5.24. The number of nitrogen functional groups attached to an aromatic ring is 1. The highest BCUT2D eigenvalue weighted by molar-refractivity contribution is 5.92. The number of pyridine rings is 2. The standard InChI is InChI=1S/C13H15N5O2/c1-2-20-11-6-3-8(7-16-11)17-13-9(14)4-5-10(18-13)12(15)19/h3-7H,2,14H2,1H3,(H2,15,19)(H,17,18). The molecule has 2 aromatic heterocycles. The van der Waals surface area contributed by atoms with Crippen molar-refractivity contribution >= 4 is 23.1 Å². The minimum absolute atomic E-state index is 0.139. The Morgan fingerprint density at radius 1 is 1.35 bits per heavy atom. The number of nitrogens with one attached hydrogen (secondary N) is 1. The Morgan fingerprint density at radius 3 is 2.75 bits per heavy atom. The number of carbonyl (C=O) groups excluding carboxylic acids is 1. The molecule has 0 fully saturated rings. The summed E-state index contributed by atoms with van der Waals surface area (Å²) in [5.74, 6) is 0.273. The van der Waals surface area contributed by atoms with E-state index in [0.29, 0.717) is 29.7 Å². The van der Waals surface area contributed by atoms with E-state index in [9.17, 15) is 4.79 Å². The Bertz CT molecular complexity index is 613. The zero-order chi connectivity index (χ0) is 14.5. The third kappa shape index (κ3) is 3.14. The number of carbonyl (C=O) groups is 1. The third-order valence-corrected chi connectivity index (χ3v) is 2.47. The molecule has 20 heavy (non-hydrogen) atoms. The van der Waals surface area contributed by atoms with Crippen LogP contribution in [0.15, 0.2) is 30.5 Å². The largest absolute Gasteiger partial charge is 0.478 e. The summed E-state index contributed by atoms with van der Waals surface area (Å²) in [7, 11) is 0. The van der Waals surface area contributed by atoms with E-state index in [2.05, 4.69) is 15.3 Å². The van der Waals surface area contributed by atoms with Gasteiger partial charge in [-0.05, 0) is 25.1 Å². The summed E-state index contributed by atoms with van der Waals surface area (Å²) in [6.07, 6.45) is 1.59. The van der Waals surface area contributed by atoms with E-state index in [0.717, 1.165) is 0 Å². The van der Waals surface area contributed by atoms with E-state index in [1.807, 2.05) is 6.92 Å². The van der Waals surface area contributed by atoms with Crippen molar-refractivity contribution < 1.29 is 9.53 Å². The van der Waals surface area contributed by atoms with Crippen LogP contribution in [0, 0.1) is 0 Å². The number of rotatable bonds is 5. The lowest BCUT2D eigenvalue weighted by atomic mass is 10.3. The van der Waals surface area contributed by atoms with Gasteiger partial charge in [-0.2, -0.15) is 0 Å². The van der Waals surface area contributed by atoms with Gasteiger partial charge in [0.25, 0.3) is 5.91 Å². The van der Waals surface area contributed by atoms with Crippen molar-refractivity contribution in [1.82, 2.24) is 9.97 Å². The van der Waals surface area contributed by atoms with Gasteiger partial charge in [0.2, 0.25) is 5.88 Å². The number of nitrogens with zero attached hydrogens (tertiary/aromatic N) is 2. The first kappa shape index (κ1) is 13.6. The van der Waals surface area contributed by atoms with Crippen LogP contribution >= 0.6 is 0 Å². The number of ether oxygens (including phenoxy) is 1. The molecular formula is C13H15N5O2. The fourth-order valence-electron chi connectivity index (χ4n) is 1.53. The molecule has 2 aromatic rings. The van der Waals surface area contributed by atoms with E-state index < -0.39 is 5.91 Å². The number of primary amides is 1. The van der Waals surface area contributed by atoms with Crippen LogP contribution in [-0.4, -0.2) is 22.5 Å². The highest BCUT2D eigenvalue weighted by atomic mass is 16.5. The normalized spacial score (nSPS) is 10.1. The lowest BCUT2D eigenvalue weighted by Crippen LogP contribution is -2.14. The van der Waals surface area contributed by atoms with Gasteiger partial charge < -0.3 is 21.5 Å². The van der Waals surface area contributed by atoms with Gasteiger partial charge in [-0.25, -0.2) is 9.97 Å². The van der Waals surface area contributed by atoms with Crippen molar-refractivity contribution in [3.8, 4) is 5.88 Å². The highest BCUT2D eigenvalue weighted by Gasteiger charge is 2.07. The van der Waals surface area contributed by atoms with E-state index in [1.165, 1.54) is 6.07 Å². The molecule has 0 atom stereocenters. The summed E-state index contributed by atoms with van der Waals surface area (Å²) >= 11 is 0. The van der Waals surface area contributed by atoms with Gasteiger partial charge >= 0.3 is 0 Å². The minimum Gasteiger partial charge on any atom is -0.478 e. The second-order valence-corrected chi connectivity index (χ2v) is 3.94. The molecule has 0 saturated carbocycles. The van der Waals surface area contributed by atoms with E-state index in [-0.39, 0.29) is 5.69 Å². The van der Waals surface area contributed by atoms with Crippen LogP contribution in [0.4, 0.5) is 17.2 Å². The van der Waals surface area contributed by atoms with Crippen molar-refractivity contribution in [3.63, 3.8) is 0 Å². The van der Waals surface area contributed by atoms with Gasteiger partial charge in [0, 0.05) is 6.07 Å². The van der Waals surface area contributed by atoms with Gasteiger partial charge in [0.15, 0.2) is 5.82 Å². The van der Waals surface area contributed by atoms with Crippen LogP contribution in [0.3, 0.4) is 0 Å². The van der Waals surface area contributed by atoms with Crippen LogP contribution in [0.1, 0.15) is 17.4 Å². The highest BCUT2D eigenvalue weighted by Crippen LogP contribution is 2.21. The molecule has 0 aliphatic carbocycles. The molecule has 1 amide bonds. The summed E-state index contributed by atoms with van der Waals surface area (Å²) in [6, 6.07) is 6.53. The first-order chi connectivity index (χ1) is 9.60. The second-order valence-electron chi connectivity index (χ2n) is 3.94. The van der Waals surface area contributed by atoms with Gasteiger partial charge in [-0.1, -0.05) is 0 Å². The Labute approximate surface area is 116 Å². The van der Waals surface area contributed by atoms with Crippen LogP contribution in [-0.2, 0) is 0 Å². The molecule has 0 aromatic carbocycles. The van der Waals surface area contributed by atoms with E-state index in [4.69, 9.17) is 16.2 Å². The molecular weight excluding hydrogens is 258 g/mol. The van der Waals surface area contributed by atoms with Gasteiger partial charge in [0.1, 0.15) is 5.69 Å². The molecule has 0 aliphatic rings. The molecule has 7 nitrogen and oxygen atoms in total. The van der Waals surface area contributed by atoms with Crippen LogP contribution in [0.2, 0.25) is 0 Å². The number of amides is 1. The average Bonchev–Trinajstić information content (AvgIpc) is 2.43. The van der Waals surface area contributed by atoms with Crippen LogP contribution < -0.4 is 21.5 Å². The maximum atomic E-state index is 11.1. The number of anilines is 3. The van der Waals surface area contributed by atoms with Crippen LogP contribution in [0.25, 0.3) is 0 Å². The smallest absolute Gasteiger partial charge is 0.267 e. The molecule has 2 rings (SSSR count). The van der Waals surface area contributed by atoms with Gasteiger partial charge in [-0.3, -0.25) is 4.79 Å². The maximum absolute atomic E-state index is 11.1. The molecule has 5 N–H and O–H groups in total. The summed E-state index contributed by atoms with van der Waals surface area (Å²) in [4.78, 5) is 19.3. The zero-order valence-corrected chi connectivity index (χ0v) is 11.0. The first-order valence-corrected chi connectivity index (χ1v) is 6.02. The van der Waals surface area contributed by atoms with Gasteiger partial charge in [-0.15, -0.1) is 0 Å². The predicted molar refractivity (Wildman–Crippen MR) is 75.9 cm³/mol. The van der Waals surface area contributed by atoms with Crippen LogP contribution in [0.5, 0.6) is 5.88 Å². The quantitative estimate of drug-likeness (QED) is 0.756. The first-order valence-electron chi connectivity index (χ1n) is 6.02. The van der Waals surface area contributed by atoms with Crippen molar-refractivity contribution in [2.24, 2.45) is 5.73 Å². The predicted octanol–water partition coefficient (Wildman–Crippen LogP) is 1.30. The fourth-order valence-corrected chi connectivity index (χ4v) is 1.53. The molecule has 7 heteroatoms. The molecule has 2 heterocycles. The lowest BCUT2D eigenvalue weighted by molar-refractivity contribution is 0.0996. The Hall–Kier alpha value is -2.83. The zero-order valence-electron chi connectivity index (χ0n) is 11.0. The Kier molecular flexibility index (Phi) is 3.99. The lowest BCUT2D eigenvalue weighted by Gasteiger charge is -2.09. The van der Waals surface area contributed by atoms with Crippen molar-refractivity contribution in [1.29, 1.82) is 0 Å². The molecule has 0 spiro atoms. The minimum atomic E-state index is -0.613. The van der Waals surface area contributed by atoms with Gasteiger partial charge in [0.05, 0.1) is 24.2 Å². The molecule has 0 bridgehead atoms. The number of hydrogen-bond acceptors (Lipinski definition) is 6. The Morgan fingerprint density at radius 2 is 2.15 bits per heavy atom. The summed E-state index contributed by atoms with van der Waals surface area (Å²) in [5, 5.41) is 2.97. The molecule has 0 unspecified atom stereocenters. The third-order valence-electron chi connectivity index (χ3n) is 2.47. The Balaban J connectivity index is 2.20. The van der Waals surface area contributed by atoms with Crippen molar-refractivity contribution in [3.05, 3.63) is 36.2 Å². The molecule has 0 aliphatic heterocycles. The van der Waals surface area contributed by atoms with Crippen molar-refractivity contribution in [2.75, 3.05) is 17.7 Å². The molecule has 0 saturated heterocycles. The van der Waals surface area contributed by atoms with E-state index in [1.54, 1.807) is 24.4 Å². The monoisotopic (exact) mass is 273 g/mol. The second kappa shape index (κ2) is 5.87. The summed E-state index contributed by atoms with van der Waals surface area (Å²) in [5.41, 5.74) is 12.2. The fraction of sp³-hybridized carbons (Fsp3) is 0.154. The van der Waals surface area contributed by atoms with E-state index >= 15 is 0 Å². The number of aromatic nitrogens is 2. The summed E-state index contributed by atoms with van der Waals surface area (Å²) in [6.45, 7) is 2.43. The number of hydrogen-bond donors (Lipinski definition) is 3. The molecule has 104 valence electrons. The topological polar surface area (TPSA) is 116 Å². The average molecular weight is 273 g/mol. The molecule has 0 radical (unpaired) electrons. The number of nitrogens with two attached hydrogens (primary N) is 2. The SMILES string of the molecule is CCOc1ccc(Nc2nc(C(N)=O)ccc2N)cn1. The maximum Gasteiger partial charge on any atom is 0.267 e. The van der Waals surface area contributed by atoms with Crippen molar-refractivity contribution in [2.45, 2.75) is 6.92 Å².